The molecule has 0 atom stereocenters. The number of rotatable bonds is 4. The van der Waals surface area contributed by atoms with Gasteiger partial charge in [-0.05, 0) is 50.1 Å². The molecule has 0 amide bonds. The van der Waals surface area contributed by atoms with Gasteiger partial charge in [0.1, 0.15) is 17.9 Å². The average Bonchev–Trinajstić information content (AvgIpc) is 2.60. The molecule has 3 aromatic rings. The highest BCUT2D eigenvalue weighted by Crippen LogP contribution is 2.29. The largest absolute Gasteiger partial charge is 0.489 e. The monoisotopic (exact) mass is 320 g/mol. The van der Waals surface area contributed by atoms with Crippen molar-refractivity contribution in [2.75, 3.05) is 6.61 Å². The summed E-state index contributed by atoms with van der Waals surface area (Å²) in [5.41, 5.74) is 3.91. The van der Waals surface area contributed by atoms with Crippen LogP contribution in [0.1, 0.15) is 22.3 Å². The van der Waals surface area contributed by atoms with Crippen molar-refractivity contribution in [1.29, 1.82) is 0 Å². The number of hydrogen-bond acceptors (Lipinski definition) is 3. The first-order valence-electron chi connectivity index (χ1n) is 7.96. The maximum Gasteiger partial charge on any atom is 0.339 e. The normalized spacial score (nSPS) is 11.3. The van der Waals surface area contributed by atoms with E-state index < -0.39 is 0 Å². The maximum atomic E-state index is 11.9. The molecule has 0 aliphatic heterocycles. The van der Waals surface area contributed by atoms with Crippen molar-refractivity contribution in [3.63, 3.8) is 0 Å². The minimum absolute atomic E-state index is 0.288. The molecule has 0 aliphatic rings. The third-order valence-corrected chi connectivity index (χ3v) is 4.27. The molecule has 0 fully saturated rings. The van der Waals surface area contributed by atoms with E-state index in [1.807, 2.05) is 68.5 Å². The van der Waals surface area contributed by atoms with Gasteiger partial charge in [-0.15, -0.1) is 0 Å². The standard InChI is InChI=1S/C21H20O3/c1-14-15(2)21(22)24-20-16(3)19(12-11-18(14)20)23-13-7-10-17-8-5-4-6-9-17/h4-12H,13H2,1-3H3. The van der Waals surface area contributed by atoms with Crippen LogP contribution in [0.3, 0.4) is 0 Å². The Morgan fingerprint density at radius 3 is 2.46 bits per heavy atom. The van der Waals surface area contributed by atoms with Crippen LogP contribution in [0.4, 0.5) is 0 Å². The molecule has 1 aromatic heterocycles. The fourth-order valence-electron chi connectivity index (χ4n) is 2.67. The topological polar surface area (TPSA) is 39.4 Å². The Labute approximate surface area is 141 Å². The minimum Gasteiger partial charge on any atom is -0.489 e. The third kappa shape index (κ3) is 3.11. The molecule has 1 heterocycles. The summed E-state index contributed by atoms with van der Waals surface area (Å²) >= 11 is 0. The van der Waals surface area contributed by atoms with E-state index in [0.717, 1.165) is 27.8 Å². The first-order chi connectivity index (χ1) is 11.6. The summed E-state index contributed by atoms with van der Waals surface area (Å²) in [4.78, 5) is 11.9. The molecule has 0 aliphatic carbocycles. The number of fused-ring (bicyclic) bond motifs is 1. The summed E-state index contributed by atoms with van der Waals surface area (Å²) in [5.74, 6) is 0.728. The lowest BCUT2D eigenvalue weighted by molar-refractivity contribution is 0.360. The highest BCUT2D eigenvalue weighted by atomic mass is 16.5. The molecular weight excluding hydrogens is 300 g/mol. The van der Waals surface area contributed by atoms with Gasteiger partial charge in [0.15, 0.2) is 0 Å². The molecule has 0 radical (unpaired) electrons. The van der Waals surface area contributed by atoms with Crippen LogP contribution >= 0.6 is 0 Å². The summed E-state index contributed by atoms with van der Waals surface area (Å²) < 4.78 is 11.3. The van der Waals surface area contributed by atoms with E-state index in [9.17, 15) is 4.79 Å². The SMILES string of the molecule is Cc1c(C)c2ccc(OCC=Cc3ccccc3)c(C)c2oc1=O. The first-order valence-corrected chi connectivity index (χ1v) is 7.96. The summed E-state index contributed by atoms with van der Waals surface area (Å²) in [6.45, 7) is 6.10. The fourth-order valence-corrected chi connectivity index (χ4v) is 2.67. The maximum absolute atomic E-state index is 11.9. The second kappa shape index (κ2) is 6.75. The van der Waals surface area contributed by atoms with Crippen LogP contribution in [-0.4, -0.2) is 6.61 Å². The first kappa shape index (κ1) is 16.1. The summed E-state index contributed by atoms with van der Waals surface area (Å²) in [6, 6.07) is 13.9. The second-order valence-electron chi connectivity index (χ2n) is 5.83. The van der Waals surface area contributed by atoms with Crippen LogP contribution in [0.25, 0.3) is 17.0 Å². The van der Waals surface area contributed by atoms with Crippen LogP contribution in [-0.2, 0) is 0 Å². The van der Waals surface area contributed by atoms with Crippen LogP contribution in [0, 0.1) is 20.8 Å². The van der Waals surface area contributed by atoms with Gasteiger partial charge in [-0.25, -0.2) is 4.79 Å². The van der Waals surface area contributed by atoms with Crippen molar-refractivity contribution in [3.8, 4) is 5.75 Å². The zero-order chi connectivity index (χ0) is 17.1. The lowest BCUT2D eigenvalue weighted by Crippen LogP contribution is -2.06. The van der Waals surface area contributed by atoms with Gasteiger partial charge in [0.25, 0.3) is 0 Å². The predicted octanol–water partition coefficient (Wildman–Crippen LogP) is 4.81. The van der Waals surface area contributed by atoms with Gasteiger partial charge in [0, 0.05) is 16.5 Å². The Bertz CT molecular complexity index is 950. The van der Waals surface area contributed by atoms with Crippen LogP contribution < -0.4 is 10.4 Å². The second-order valence-corrected chi connectivity index (χ2v) is 5.83. The Hall–Kier alpha value is -2.81. The predicted molar refractivity (Wildman–Crippen MR) is 97.7 cm³/mol. The highest BCUT2D eigenvalue weighted by Gasteiger charge is 2.12. The van der Waals surface area contributed by atoms with Crippen molar-refractivity contribution in [2.24, 2.45) is 0 Å². The van der Waals surface area contributed by atoms with Gasteiger partial charge in [-0.2, -0.15) is 0 Å². The molecule has 122 valence electrons. The average molecular weight is 320 g/mol. The third-order valence-electron chi connectivity index (χ3n) is 4.27. The van der Waals surface area contributed by atoms with Gasteiger partial charge >= 0.3 is 5.63 Å². The van der Waals surface area contributed by atoms with Crippen molar-refractivity contribution in [3.05, 3.63) is 81.2 Å². The molecule has 0 saturated heterocycles. The number of benzene rings is 2. The van der Waals surface area contributed by atoms with Gasteiger partial charge in [-0.1, -0.05) is 36.4 Å². The van der Waals surface area contributed by atoms with Crippen molar-refractivity contribution in [1.82, 2.24) is 0 Å². The fraction of sp³-hybridized carbons (Fsp3) is 0.190. The van der Waals surface area contributed by atoms with Gasteiger partial charge in [0.05, 0.1) is 0 Å². The zero-order valence-electron chi connectivity index (χ0n) is 14.1. The van der Waals surface area contributed by atoms with E-state index in [1.54, 1.807) is 6.92 Å². The molecule has 0 spiro atoms. The van der Waals surface area contributed by atoms with E-state index in [-0.39, 0.29) is 5.63 Å². The smallest absolute Gasteiger partial charge is 0.339 e. The zero-order valence-corrected chi connectivity index (χ0v) is 14.1. The molecule has 3 rings (SSSR count). The summed E-state index contributed by atoms with van der Waals surface area (Å²) in [5, 5.41) is 0.955. The lowest BCUT2D eigenvalue weighted by Gasteiger charge is -2.11. The van der Waals surface area contributed by atoms with Crippen molar-refractivity contribution < 1.29 is 9.15 Å². The summed E-state index contributed by atoms with van der Waals surface area (Å²) in [6.07, 6.45) is 3.99. The Kier molecular flexibility index (Phi) is 4.52. The lowest BCUT2D eigenvalue weighted by atomic mass is 10.0. The molecular formula is C21H20O3. The van der Waals surface area contributed by atoms with E-state index in [2.05, 4.69) is 0 Å². The summed E-state index contributed by atoms with van der Waals surface area (Å²) in [7, 11) is 0. The molecule has 0 unspecified atom stereocenters. The van der Waals surface area contributed by atoms with Crippen LogP contribution in [0.15, 0.2) is 57.8 Å². The molecule has 2 aromatic carbocycles. The Balaban J connectivity index is 1.83. The van der Waals surface area contributed by atoms with E-state index >= 15 is 0 Å². The Morgan fingerprint density at radius 2 is 1.71 bits per heavy atom. The van der Waals surface area contributed by atoms with E-state index in [0.29, 0.717) is 17.8 Å². The molecule has 0 N–H and O–H groups in total. The highest BCUT2D eigenvalue weighted by molar-refractivity contribution is 5.85. The van der Waals surface area contributed by atoms with Gasteiger partial charge < -0.3 is 9.15 Å². The number of hydrogen-bond donors (Lipinski definition) is 0. The van der Waals surface area contributed by atoms with Crippen molar-refractivity contribution >= 4 is 17.0 Å². The van der Waals surface area contributed by atoms with Crippen LogP contribution in [0.2, 0.25) is 0 Å². The molecule has 24 heavy (non-hydrogen) atoms. The molecule has 3 heteroatoms. The minimum atomic E-state index is -0.288. The molecule has 0 saturated carbocycles. The van der Waals surface area contributed by atoms with Crippen LogP contribution in [0.5, 0.6) is 5.75 Å². The number of aryl methyl sites for hydroxylation is 2. The quantitative estimate of drug-likeness (QED) is 0.648. The molecule has 0 bridgehead atoms. The van der Waals surface area contributed by atoms with Crippen molar-refractivity contribution in [2.45, 2.75) is 20.8 Å². The molecule has 3 nitrogen and oxygen atoms in total. The van der Waals surface area contributed by atoms with Gasteiger partial charge in [0.2, 0.25) is 0 Å². The van der Waals surface area contributed by atoms with Gasteiger partial charge in [-0.3, -0.25) is 0 Å². The Morgan fingerprint density at radius 1 is 0.958 bits per heavy atom. The van der Waals surface area contributed by atoms with E-state index in [1.165, 1.54) is 0 Å². The van der Waals surface area contributed by atoms with E-state index in [4.69, 9.17) is 9.15 Å². The number of ether oxygens (including phenoxy) is 1.